The molecule has 20 heavy (non-hydrogen) atoms. The zero-order valence-corrected chi connectivity index (χ0v) is 12.2. The Hall–Kier alpha value is -1.76. The quantitative estimate of drug-likeness (QED) is 0.873. The summed E-state index contributed by atoms with van der Waals surface area (Å²) in [5.41, 5.74) is 0.451. The molecule has 1 aromatic heterocycles. The van der Waals surface area contributed by atoms with Gasteiger partial charge >= 0.3 is 12.0 Å². The van der Waals surface area contributed by atoms with Gasteiger partial charge in [-0.15, -0.1) is 0 Å². The topological polar surface area (TPSA) is 82.5 Å². The van der Waals surface area contributed by atoms with Crippen molar-refractivity contribution in [1.29, 1.82) is 0 Å². The maximum atomic E-state index is 12.2. The van der Waals surface area contributed by atoms with E-state index in [4.69, 9.17) is 5.11 Å². The summed E-state index contributed by atoms with van der Waals surface area (Å²) in [6.45, 7) is 5.56. The van der Waals surface area contributed by atoms with Crippen molar-refractivity contribution in [3.8, 4) is 0 Å². The smallest absolute Gasteiger partial charge is 0.337 e. The molecule has 1 fully saturated rings. The number of hydrogen-bond donors (Lipinski definition) is 2. The SMILES string of the molecule is CC1CN(C(=O)Nc2cncc(C(=O)O)c2)CC(C)S1. The lowest BCUT2D eigenvalue weighted by Gasteiger charge is -2.34. The lowest BCUT2D eigenvalue weighted by atomic mass is 10.2. The molecule has 2 atom stereocenters. The van der Waals surface area contributed by atoms with Gasteiger partial charge in [0.15, 0.2) is 0 Å². The molecule has 2 heterocycles. The predicted molar refractivity (Wildman–Crippen MR) is 78.3 cm³/mol. The van der Waals surface area contributed by atoms with Crippen LogP contribution in [0.5, 0.6) is 0 Å². The Morgan fingerprint density at radius 3 is 2.60 bits per heavy atom. The highest BCUT2D eigenvalue weighted by Crippen LogP contribution is 2.25. The molecule has 2 amide bonds. The van der Waals surface area contributed by atoms with Crippen molar-refractivity contribution >= 4 is 29.4 Å². The fourth-order valence-electron chi connectivity index (χ4n) is 2.17. The second kappa shape index (κ2) is 6.13. The number of aromatic carboxylic acids is 1. The summed E-state index contributed by atoms with van der Waals surface area (Å²) in [6, 6.07) is 1.19. The van der Waals surface area contributed by atoms with Crippen LogP contribution >= 0.6 is 11.8 Å². The van der Waals surface area contributed by atoms with Gasteiger partial charge in [0.05, 0.1) is 17.4 Å². The van der Waals surface area contributed by atoms with Gasteiger partial charge in [0.1, 0.15) is 0 Å². The highest BCUT2D eigenvalue weighted by Gasteiger charge is 2.25. The molecular weight excluding hydrogens is 278 g/mol. The Bertz CT molecular complexity index is 513. The molecular formula is C13H17N3O3S. The summed E-state index contributed by atoms with van der Waals surface area (Å²) >= 11 is 1.86. The number of nitrogens with one attached hydrogen (secondary N) is 1. The second-order valence-corrected chi connectivity index (χ2v) is 6.74. The zero-order chi connectivity index (χ0) is 14.7. The first-order chi connectivity index (χ1) is 9.45. The van der Waals surface area contributed by atoms with Crippen LogP contribution in [-0.4, -0.2) is 50.6 Å². The van der Waals surface area contributed by atoms with Crippen molar-refractivity contribution < 1.29 is 14.7 Å². The second-order valence-electron chi connectivity index (χ2n) is 4.86. The highest BCUT2D eigenvalue weighted by atomic mass is 32.2. The molecule has 2 unspecified atom stereocenters. The third-order valence-electron chi connectivity index (χ3n) is 2.94. The number of urea groups is 1. The van der Waals surface area contributed by atoms with Gasteiger partial charge in [-0.1, -0.05) is 13.8 Å². The fourth-order valence-corrected chi connectivity index (χ4v) is 3.50. The summed E-state index contributed by atoms with van der Waals surface area (Å²) in [4.78, 5) is 28.6. The average Bonchev–Trinajstić information content (AvgIpc) is 2.37. The molecule has 108 valence electrons. The molecule has 1 aliphatic rings. The summed E-state index contributed by atoms with van der Waals surface area (Å²) in [7, 11) is 0. The number of carboxylic acids is 1. The van der Waals surface area contributed by atoms with E-state index >= 15 is 0 Å². The molecule has 1 aliphatic heterocycles. The number of carboxylic acid groups (broad SMARTS) is 1. The minimum absolute atomic E-state index is 0.0544. The normalized spacial score (nSPS) is 22.4. The van der Waals surface area contributed by atoms with Gasteiger partial charge in [0.2, 0.25) is 0 Å². The number of rotatable bonds is 2. The summed E-state index contributed by atoms with van der Waals surface area (Å²) in [5, 5.41) is 12.4. The van der Waals surface area contributed by atoms with Crippen LogP contribution in [0.1, 0.15) is 24.2 Å². The lowest BCUT2D eigenvalue weighted by Crippen LogP contribution is -2.46. The predicted octanol–water partition coefficient (Wildman–Crippen LogP) is 2.14. The van der Waals surface area contributed by atoms with Crippen LogP contribution in [-0.2, 0) is 0 Å². The number of carbonyl (C=O) groups excluding carboxylic acids is 1. The molecule has 0 aliphatic carbocycles. The number of carbonyl (C=O) groups is 2. The van der Waals surface area contributed by atoms with Gasteiger partial charge in [0.25, 0.3) is 0 Å². The molecule has 0 aromatic carbocycles. The Labute approximate surface area is 121 Å². The van der Waals surface area contributed by atoms with Gasteiger partial charge < -0.3 is 15.3 Å². The number of amides is 2. The van der Waals surface area contributed by atoms with Gasteiger partial charge in [-0.25, -0.2) is 9.59 Å². The summed E-state index contributed by atoms with van der Waals surface area (Å²) in [6.07, 6.45) is 2.69. The fraction of sp³-hybridized carbons (Fsp3) is 0.462. The van der Waals surface area contributed by atoms with E-state index in [0.717, 1.165) is 0 Å². The molecule has 0 spiro atoms. The minimum atomic E-state index is -1.06. The highest BCUT2D eigenvalue weighted by molar-refractivity contribution is 8.00. The van der Waals surface area contributed by atoms with Crippen molar-refractivity contribution in [2.24, 2.45) is 0 Å². The van der Waals surface area contributed by atoms with E-state index in [9.17, 15) is 9.59 Å². The van der Waals surface area contributed by atoms with E-state index < -0.39 is 5.97 Å². The van der Waals surface area contributed by atoms with E-state index in [1.807, 2.05) is 11.8 Å². The molecule has 1 saturated heterocycles. The molecule has 7 heteroatoms. The van der Waals surface area contributed by atoms with Crippen LogP contribution in [0.25, 0.3) is 0 Å². The first-order valence-corrected chi connectivity index (χ1v) is 7.29. The number of anilines is 1. The molecule has 1 aromatic rings. The monoisotopic (exact) mass is 295 g/mol. The van der Waals surface area contributed by atoms with Crippen molar-refractivity contribution in [3.63, 3.8) is 0 Å². The van der Waals surface area contributed by atoms with Gasteiger partial charge in [-0.05, 0) is 6.07 Å². The van der Waals surface area contributed by atoms with Gasteiger partial charge in [0, 0.05) is 29.8 Å². The van der Waals surface area contributed by atoms with Crippen molar-refractivity contribution in [3.05, 3.63) is 24.0 Å². The molecule has 2 N–H and O–H groups in total. The van der Waals surface area contributed by atoms with E-state index in [1.165, 1.54) is 18.5 Å². The van der Waals surface area contributed by atoms with Crippen LogP contribution in [0.3, 0.4) is 0 Å². The molecule has 2 rings (SSSR count). The molecule has 0 radical (unpaired) electrons. The Kier molecular flexibility index (Phi) is 4.49. The van der Waals surface area contributed by atoms with Gasteiger partial charge in [-0.2, -0.15) is 11.8 Å². The van der Waals surface area contributed by atoms with Crippen LogP contribution in [0, 0.1) is 0 Å². The maximum Gasteiger partial charge on any atom is 0.337 e. The van der Waals surface area contributed by atoms with Gasteiger partial charge in [-0.3, -0.25) is 4.98 Å². The average molecular weight is 295 g/mol. The molecule has 0 saturated carbocycles. The number of nitrogens with zero attached hydrogens (tertiary/aromatic N) is 2. The largest absolute Gasteiger partial charge is 0.478 e. The summed E-state index contributed by atoms with van der Waals surface area (Å²) < 4.78 is 0. The van der Waals surface area contributed by atoms with Crippen LogP contribution in [0.2, 0.25) is 0 Å². The Balaban J connectivity index is 2.04. The number of hydrogen-bond acceptors (Lipinski definition) is 4. The lowest BCUT2D eigenvalue weighted by molar-refractivity contribution is 0.0696. The van der Waals surface area contributed by atoms with E-state index in [0.29, 0.717) is 29.3 Å². The first kappa shape index (κ1) is 14.6. The van der Waals surface area contributed by atoms with E-state index in [2.05, 4.69) is 24.1 Å². The number of pyridine rings is 1. The molecule has 6 nitrogen and oxygen atoms in total. The van der Waals surface area contributed by atoms with Crippen LogP contribution < -0.4 is 5.32 Å². The minimum Gasteiger partial charge on any atom is -0.478 e. The zero-order valence-electron chi connectivity index (χ0n) is 11.4. The Morgan fingerprint density at radius 1 is 1.35 bits per heavy atom. The summed E-state index contributed by atoms with van der Waals surface area (Å²) in [5.74, 6) is -1.06. The third-order valence-corrected chi connectivity index (χ3v) is 4.17. The van der Waals surface area contributed by atoms with Crippen LogP contribution in [0.15, 0.2) is 18.5 Å². The number of aromatic nitrogens is 1. The van der Waals surface area contributed by atoms with Crippen LogP contribution in [0.4, 0.5) is 10.5 Å². The van der Waals surface area contributed by atoms with Crippen molar-refractivity contribution in [1.82, 2.24) is 9.88 Å². The first-order valence-electron chi connectivity index (χ1n) is 6.35. The van der Waals surface area contributed by atoms with E-state index in [-0.39, 0.29) is 11.6 Å². The van der Waals surface area contributed by atoms with Crippen molar-refractivity contribution in [2.45, 2.75) is 24.3 Å². The maximum absolute atomic E-state index is 12.2. The standard InChI is InChI=1S/C13H17N3O3S/c1-8-6-16(7-9(2)20-8)13(19)15-11-3-10(12(17)18)4-14-5-11/h3-5,8-9H,6-7H2,1-2H3,(H,15,19)(H,17,18). The van der Waals surface area contributed by atoms with E-state index in [1.54, 1.807) is 4.90 Å². The Morgan fingerprint density at radius 2 is 2.00 bits per heavy atom. The third kappa shape index (κ3) is 3.63. The number of thioether (sulfide) groups is 1. The van der Waals surface area contributed by atoms with Crippen molar-refractivity contribution in [2.75, 3.05) is 18.4 Å². The molecule has 0 bridgehead atoms.